The van der Waals surface area contributed by atoms with Gasteiger partial charge in [-0.05, 0) is 19.6 Å². The quantitative estimate of drug-likeness (QED) is 0.491. The van der Waals surface area contributed by atoms with Gasteiger partial charge in [0.1, 0.15) is 0 Å². The lowest BCUT2D eigenvalue weighted by atomic mass is 10.7. The predicted molar refractivity (Wildman–Crippen MR) is 35.4 cm³/mol. The van der Waals surface area contributed by atoms with E-state index in [0.29, 0.717) is 0 Å². The van der Waals surface area contributed by atoms with E-state index in [-0.39, 0.29) is 0 Å². The Labute approximate surface area is 63.5 Å². The highest BCUT2D eigenvalue weighted by Crippen LogP contribution is 2.27. The molecule has 0 aliphatic heterocycles. The van der Waals surface area contributed by atoms with Crippen LogP contribution in [0.2, 0.25) is 19.6 Å². The van der Waals surface area contributed by atoms with Crippen LogP contribution in [0.4, 0.5) is 17.6 Å². The van der Waals surface area contributed by atoms with E-state index in [2.05, 4.69) is 4.43 Å². The zero-order chi connectivity index (χ0) is 9.28. The van der Waals surface area contributed by atoms with E-state index < -0.39 is 20.9 Å². The summed E-state index contributed by atoms with van der Waals surface area (Å²) in [6.07, 6.45) is -8.03. The summed E-state index contributed by atoms with van der Waals surface area (Å²) < 4.78 is 51.1. The second-order valence-corrected chi connectivity index (χ2v) is 7.51. The van der Waals surface area contributed by atoms with E-state index in [4.69, 9.17) is 0 Å². The van der Waals surface area contributed by atoms with Crippen molar-refractivity contribution in [1.82, 2.24) is 0 Å². The highest BCUT2D eigenvalue weighted by molar-refractivity contribution is 6.69. The van der Waals surface area contributed by atoms with Crippen molar-refractivity contribution in [3.8, 4) is 0 Å². The lowest BCUT2D eigenvalue weighted by molar-refractivity contribution is -0.258. The Hall–Kier alpha value is -0.103. The van der Waals surface area contributed by atoms with Crippen LogP contribution in [-0.2, 0) is 4.43 Å². The Morgan fingerprint density at radius 2 is 1.55 bits per heavy atom. The third-order valence-electron chi connectivity index (χ3n) is 0.696. The van der Waals surface area contributed by atoms with E-state index in [0.717, 1.165) is 0 Å². The van der Waals surface area contributed by atoms with Gasteiger partial charge in [-0.15, -0.1) is 0 Å². The van der Waals surface area contributed by atoms with Gasteiger partial charge in [-0.3, -0.25) is 0 Å². The number of halogens is 4. The van der Waals surface area contributed by atoms with Gasteiger partial charge in [0.2, 0.25) is 0 Å². The van der Waals surface area contributed by atoms with Crippen LogP contribution in [0.5, 0.6) is 0 Å². The van der Waals surface area contributed by atoms with Crippen molar-refractivity contribution in [2.24, 2.45) is 0 Å². The second kappa shape index (κ2) is 3.10. The molecule has 0 fully saturated rings. The van der Waals surface area contributed by atoms with Gasteiger partial charge in [0.25, 0.3) is 0 Å². The summed E-state index contributed by atoms with van der Waals surface area (Å²) in [6, 6.07) is 0. The highest BCUT2D eigenvalue weighted by atomic mass is 28.4. The molecule has 0 saturated heterocycles. The van der Waals surface area contributed by atoms with Gasteiger partial charge >= 0.3 is 12.5 Å². The van der Waals surface area contributed by atoms with E-state index >= 15 is 0 Å². The first-order valence-electron chi connectivity index (χ1n) is 3.01. The molecule has 68 valence electrons. The minimum atomic E-state index is -4.29. The van der Waals surface area contributed by atoms with Crippen LogP contribution in [0.25, 0.3) is 0 Å². The van der Waals surface area contributed by atoms with Crippen molar-refractivity contribution in [2.75, 3.05) is 0 Å². The molecule has 0 rings (SSSR count). The molecule has 0 amide bonds. The molecule has 1 nitrogen and oxygen atoms in total. The van der Waals surface area contributed by atoms with Gasteiger partial charge in [-0.1, -0.05) is 0 Å². The first kappa shape index (κ1) is 10.9. The van der Waals surface area contributed by atoms with Gasteiger partial charge in [-0.2, -0.15) is 8.78 Å². The third kappa shape index (κ3) is 4.36. The monoisotopic (exact) mass is 190 g/mol. The fourth-order valence-electron chi connectivity index (χ4n) is 0.453. The van der Waals surface area contributed by atoms with Crippen LogP contribution in [0.1, 0.15) is 0 Å². The standard InChI is InChI=1S/C5H10F4OSi/c1-11(2,3)10-5(8,9)4(6)7/h4H,1-3H3. The molecule has 0 aromatic heterocycles. The number of hydrogen-bond acceptors (Lipinski definition) is 1. The molecular weight excluding hydrogens is 180 g/mol. The molecule has 0 N–H and O–H groups in total. The summed E-state index contributed by atoms with van der Waals surface area (Å²) in [5.41, 5.74) is 0. The Bertz CT molecular complexity index is 131. The van der Waals surface area contributed by atoms with Crippen molar-refractivity contribution in [3.63, 3.8) is 0 Å². The molecule has 0 atom stereocenters. The molecular formula is C5H10F4OSi. The molecule has 0 aliphatic rings. The van der Waals surface area contributed by atoms with Crippen molar-refractivity contribution in [1.29, 1.82) is 0 Å². The number of hydrogen-bond donors (Lipinski definition) is 0. The Morgan fingerprint density at radius 1 is 1.18 bits per heavy atom. The average molecular weight is 190 g/mol. The van der Waals surface area contributed by atoms with Crippen LogP contribution in [0.15, 0.2) is 0 Å². The van der Waals surface area contributed by atoms with Crippen LogP contribution in [0, 0.1) is 0 Å². The maximum absolute atomic E-state index is 12.1. The predicted octanol–water partition coefficient (Wildman–Crippen LogP) is 2.70. The molecule has 0 bridgehead atoms. The first-order valence-corrected chi connectivity index (χ1v) is 6.42. The average Bonchev–Trinajstić information content (AvgIpc) is 1.56. The van der Waals surface area contributed by atoms with Gasteiger partial charge in [0.15, 0.2) is 8.32 Å². The van der Waals surface area contributed by atoms with Crippen molar-refractivity contribution in [2.45, 2.75) is 32.2 Å². The topological polar surface area (TPSA) is 9.23 Å². The van der Waals surface area contributed by atoms with E-state index in [1.165, 1.54) is 19.6 Å². The Kier molecular flexibility index (Phi) is 3.07. The zero-order valence-electron chi connectivity index (χ0n) is 6.50. The SMILES string of the molecule is C[Si](C)(C)OC(F)(F)C(F)F. The maximum atomic E-state index is 12.1. The molecule has 0 radical (unpaired) electrons. The number of alkyl halides is 4. The second-order valence-electron chi connectivity index (χ2n) is 3.08. The van der Waals surface area contributed by atoms with Crippen molar-refractivity contribution in [3.05, 3.63) is 0 Å². The third-order valence-corrected chi connectivity index (χ3v) is 1.58. The molecule has 6 heteroatoms. The zero-order valence-corrected chi connectivity index (χ0v) is 7.50. The Balaban J connectivity index is 4.13. The van der Waals surface area contributed by atoms with Crippen LogP contribution in [0.3, 0.4) is 0 Å². The van der Waals surface area contributed by atoms with Crippen molar-refractivity contribution < 1.29 is 22.0 Å². The summed E-state index contributed by atoms with van der Waals surface area (Å²) >= 11 is 0. The minimum absolute atomic E-state index is 1.42. The molecule has 0 heterocycles. The molecule has 0 aromatic rings. The molecule has 0 aliphatic carbocycles. The molecule has 0 unspecified atom stereocenters. The van der Waals surface area contributed by atoms with Gasteiger partial charge in [0.05, 0.1) is 0 Å². The lowest BCUT2D eigenvalue weighted by Crippen LogP contribution is -2.41. The summed E-state index contributed by atoms with van der Waals surface area (Å²) in [4.78, 5) is 0. The first-order chi connectivity index (χ1) is 4.65. The van der Waals surface area contributed by atoms with E-state index in [1.807, 2.05) is 0 Å². The molecule has 11 heavy (non-hydrogen) atoms. The summed E-state index contributed by atoms with van der Waals surface area (Å²) in [5, 5.41) is 0. The minimum Gasteiger partial charge on any atom is -0.358 e. The Morgan fingerprint density at radius 3 is 1.64 bits per heavy atom. The van der Waals surface area contributed by atoms with E-state index in [9.17, 15) is 17.6 Å². The molecule has 0 aromatic carbocycles. The van der Waals surface area contributed by atoms with Gasteiger partial charge < -0.3 is 4.43 Å². The lowest BCUT2D eigenvalue weighted by Gasteiger charge is -2.24. The van der Waals surface area contributed by atoms with Crippen molar-refractivity contribution >= 4 is 8.32 Å². The fraction of sp³-hybridized carbons (Fsp3) is 1.00. The summed E-state index contributed by atoms with van der Waals surface area (Å²) in [7, 11) is -2.59. The molecule has 0 saturated carbocycles. The normalized spacial score (nSPS) is 14.2. The maximum Gasteiger partial charge on any atom is 0.407 e. The summed E-state index contributed by atoms with van der Waals surface area (Å²) in [5.74, 6) is 0. The van der Waals surface area contributed by atoms with Crippen LogP contribution in [-0.4, -0.2) is 20.9 Å². The number of rotatable bonds is 3. The van der Waals surface area contributed by atoms with Gasteiger partial charge in [-0.25, -0.2) is 8.78 Å². The highest BCUT2D eigenvalue weighted by Gasteiger charge is 2.45. The van der Waals surface area contributed by atoms with E-state index in [1.54, 1.807) is 0 Å². The smallest absolute Gasteiger partial charge is 0.358 e. The largest absolute Gasteiger partial charge is 0.407 e. The van der Waals surface area contributed by atoms with Crippen LogP contribution >= 0.6 is 0 Å². The van der Waals surface area contributed by atoms with Gasteiger partial charge in [0, 0.05) is 0 Å². The van der Waals surface area contributed by atoms with Crippen LogP contribution < -0.4 is 0 Å². The fourth-order valence-corrected chi connectivity index (χ4v) is 1.36. The summed E-state index contributed by atoms with van der Waals surface area (Å²) in [6.45, 7) is 4.26. The molecule has 0 spiro atoms.